The molecule has 88 valence electrons. The van der Waals surface area contributed by atoms with E-state index in [2.05, 4.69) is 13.8 Å². The van der Waals surface area contributed by atoms with Crippen molar-refractivity contribution in [3.8, 4) is 0 Å². The van der Waals surface area contributed by atoms with Crippen molar-refractivity contribution >= 4 is 10.9 Å². The van der Waals surface area contributed by atoms with E-state index in [1.54, 1.807) is 6.92 Å². The summed E-state index contributed by atoms with van der Waals surface area (Å²) >= 11 is 0. The van der Waals surface area contributed by atoms with Crippen LogP contribution in [-0.2, 0) is 0 Å². The first-order valence-corrected chi connectivity index (χ1v) is 7.03. The maximum Gasteiger partial charge on any atom is 0.108 e. The molecule has 4 heteroatoms. The molecule has 4 atom stereocenters. The Bertz CT molecular complexity index is 303. The molecule has 2 bridgehead atoms. The first kappa shape index (κ1) is 11.5. The fourth-order valence-corrected chi connectivity index (χ4v) is 3.88. The van der Waals surface area contributed by atoms with E-state index in [-0.39, 0.29) is 0 Å². The molecule has 2 saturated carbocycles. The van der Waals surface area contributed by atoms with Crippen LogP contribution in [0.3, 0.4) is 0 Å². The molecule has 0 amide bonds. The van der Waals surface area contributed by atoms with Gasteiger partial charge in [0.25, 0.3) is 0 Å². The molecule has 0 aromatic rings. The van der Waals surface area contributed by atoms with Gasteiger partial charge in [-0.05, 0) is 43.4 Å². The highest BCUT2D eigenvalue weighted by molar-refractivity contribution is 8.22. The average Bonchev–Trinajstić information content (AvgIpc) is 2.65. The molecule has 4 unspecified atom stereocenters. The number of fused-ring (bicyclic) bond motifs is 2. The second-order valence-electron chi connectivity index (χ2n) is 5.12. The summed E-state index contributed by atoms with van der Waals surface area (Å²) in [5.74, 6) is 2.47. The minimum absolute atomic E-state index is 0.425. The Kier molecular flexibility index (Phi) is 2.66. The maximum atomic E-state index is 9.26. The second-order valence-corrected chi connectivity index (χ2v) is 6.77. The molecule has 3 nitrogen and oxygen atoms in total. The summed E-state index contributed by atoms with van der Waals surface area (Å²) in [5, 5.41) is 0. The zero-order chi connectivity index (χ0) is 11.4. The number of allylic oxidation sites excluding steroid dienone is 2. The van der Waals surface area contributed by atoms with Crippen LogP contribution < -0.4 is 0 Å². The van der Waals surface area contributed by atoms with Crippen LogP contribution >= 0.6 is 10.9 Å². The van der Waals surface area contributed by atoms with Crippen molar-refractivity contribution in [2.24, 2.45) is 23.7 Å². The van der Waals surface area contributed by atoms with E-state index in [1.165, 1.54) is 0 Å². The summed E-state index contributed by atoms with van der Waals surface area (Å²) in [4.78, 5) is 0.425. The zero-order valence-electron chi connectivity index (χ0n) is 9.47. The van der Waals surface area contributed by atoms with Gasteiger partial charge in [-0.2, -0.15) is 0 Å². The molecule has 2 rings (SSSR count). The van der Waals surface area contributed by atoms with Crippen LogP contribution in [0.2, 0.25) is 0 Å². The number of hydrogen-bond donors (Lipinski definition) is 3. The highest BCUT2D eigenvalue weighted by Crippen LogP contribution is 2.59. The van der Waals surface area contributed by atoms with Gasteiger partial charge in [-0.15, -0.1) is 0 Å². The third-order valence-corrected chi connectivity index (χ3v) is 5.64. The van der Waals surface area contributed by atoms with E-state index >= 15 is 0 Å². The Morgan fingerprint density at radius 1 is 1.20 bits per heavy atom. The fraction of sp³-hybridized carbons (Fsp3) is 0.818. The molecule has 2 aliphatic carbocycles. The topological polar surface area (TPSA) is 60.7 Å². The zero-order valence-corrected chi connectivity index (χ0v) is 10.3. The van der Waals surface area contributed by atoms with Gasteiger partial charge in [0.15, 0.2) is 0 Å². The van der Waals surface area contributed by atoms with Crippen LogP contribution in [0, 0.1) is 23.7 Å². The average molecular weight is 232 g/mol. The van der Waals surface area contributed by atoms with Crippen LogP contribution in [0.1, 0.15) is 33.6 Å². The lowest BCUT2D eigenvalue weighted by Crippen LogP contribution is -2.20. The molecule has 0 aliphatic heterocycles. The normalized spacial score (nSPS) is 44.7. The summed E-state index contributed by atoms with van der Waals surface area (Å²) in [6.45, 7) is 6.16. The summed E-state index contributed by atoms with van der Waals surface area (Å²) in [7, 11) is -3.47. The van der Waals surface area contributed by atoms with Gasteiger partial charge in [0.05, 0.1) is 0 Å². The van der Waals surface area contributed by atoms with Crippen LogP contribution in [0.15, 0.2) is 10.5 Å². The minimum Gasteiger partial charge on any atom is -0.305 e. The molecule has 2 aliphatic rings. The predicted octanol–water partition coefficient (Wildman–Crippen LogP) is 3.80. The Balaban J connectivity index is 2.30. The molecule has 0 saturated heterocycles. The highest BCUT2D eigenvalue weighted by atomic mass is 32.3. The van der Waals surface area contributed by atoms with E-state index < -0.39 is 10.9 Å². The number of hydrogen-bond acceptors (Lipinski definition) is 3. The Hall–Kier alpha value is -0.0300. The minimum atomic E-state index is -3.47. The van der Waals surface area contributed by atoms with E-state index in [0.29, 0.717) is 22.7 Å². The van der Waals surface area contributed by atoms with Crippen molar-refractivity contribution < 1.29 is 13.7 Å². The molecule has 0 radical (unpaired) electrons. The smallest absolute Gasteiger partial charge is 0.108 e. The SMILES string of the molecule is C/C(=C1\CC2CC1C(C)C2C)S(O)(O)O. The molecule has 0 aromatic heterocycles. The molecule has 0 heterocycles. The lowest BCUT2D eigenvalue weighted by atomic mass is 9.79. The lowest BCUT2D eigenvalue weighted by molar-refractivity contribution is 0.303. The van der Waals surface area contributed by atoms with Crippen molar-refractivity contribution in [1.29, 1.82) is 0 Å². The molecule has 0 aromatic carbocycles. The maximum absolute atomic E-state index is 9.26. The van der Waals surface area contributed by atoms with Gasteiger partial charge in [-0.1, -0.05) is 19.4 Å². The third kappa shape index (κ3) is 1.73. The van der Waals surface area contributed by atoms with Crippen LogP contribution in [-0.4, -0.2) is 13.7 Å². The van der Waals surface area contributed by atoms with Gasteiger partial charge in [-0.25, -0.2) is 0 Å². The molecule has 3 N–H and O–H groups in total. The van der Waals surface area contributed by atoms with Gasteiger partial charge in [0, 0.05) is 4.91 Å². The molecule has 15 heavy (non-hydrogen) atoms. The highest BCUT2D eigenvalue weighted by Gasteiger charge is 2.47. The van der Waals surface area contributed by atoms with Crippen molar-refractivity contribution in [3.05, 3.63) is 10.5 Å². The van der Waals surface area contributed by atoms with Gasteiger partial charge in [0.1, 0.15) is 10.9 Å². The summed E-state index contributed by atoms with van der Waals surface area (Å²) in [5.41, 5.74) is 1.10. The van der Waals surface area contributed by atoms with E-state index in [4.69, 9.17) is 0 Å². The monoisotopic (exact) mass is 232 g/mol. The van der Waals surface area contributed by atoms with E-state index in [9.17, 15) is 13.7 Å². The summed E-state index contributed by atoms with van der Waals surface area (Å²) in [6, 6.07) is 0. The Morgan fingerprint density at radius 3 is 2.20 bits per heavy atom. The Morgan fingerprint density at radius 2 is 1.80 bits per heavy atom. The van der Waals surface area contributed by atoms with E-state index in [1.807, 2.05) is 0 Å². The van der Waals surface area contributed by atoms with Crippen molar-refractivity contribution in [2.75, 3.05) is 0 Å². The molecule has 0 spiro atoms. The van der Waals surface area contributed by atoms with Gasteiger partial charge in [-0.3, -0.25) is 0 Å². The third-order valence-electron chi connectivity index (χ3n) is 4.56. The van der Waals surface area contributed by atoms with E-state index in [0.717, 1.165) is 24.3 Å². The van der Waals surface area contributed by atoms with Gasteiger partial charge in [0.2, 0.25) is 0 Å². The van der Waals surface area contributed by atoms with Crippen molar-refractivity contribution in [3.63, 3.8) is 0 Å². The predicted molar refractivity (Wildman–Crippen MR) is 62.7 cm³/mol. The van der Waals surface area contributed by atoms with Crippen molar-refractivity contribution in [1.82, 2.24) is 0 Å². The molecule has 2 fully saturated rings. The lowest BCUT2D eigenvalue weighted by Gasteiger charge is -2.31. The second kappa shape index (κ2) is 3.48. The fourth-order valence-electron chi connectivity index (χ4n) is 3.29. The van der Waals surface area contributed by atoms with Gasteiger partial charge < -0.3 is 13.7 Å². The van der Waals surface area contributed by atoms with Crippen LogP contribution in [0.5, 0.6) is 0 Å². The van der Waals surface area contributed by atoms with Crippen LogP contribution in [0.25, 0.3) is 0 Å². The van der Waals surface area contributed by atoms with Gasteiger partial charge >= 0.3 is 0 Å². The van der Waals surface area contributed by atoms with Crippen LogP contribution in [0.4, 0.5) is 0 Å². The summed E-state index contributed by atoms with van der Waals surface area (Å²) < 4.78 is 27.8. The first-order chi connectivity index (χ1) is 6.82. The van der Waals surface area contributed by atoms with Crippen molar-refractivity contribution in [2.45, 2.75) is 33.6 Å². The molecular weight excluding hydrogens is 212 g/mol. The quantitative estimate of drug-likeness (QED) is 0.644. The Labute approximate surface area is 92.8 Å². The largest absolute Gasteiger partial charge is 0.305 e. The standard InChI is InChI=1S/C11H20O3S/c1-6-7(2)10-4-9(6)5-11(10)8(3)15(12,13)14/h6-7,9-10,12-14H,4-5H2,1-3H3/b11-8-. The molecular formula is C11H20O3S. The number of rotatable bonds is 1. The first-order valence-electron chi connectivity index (χ1n) is 5.52. The summed E-state index contributed by atoms with van der Waals surface area (Å²) in [6.07, 6.45) is 2.10.